The number of hydrogen-bond donors (Lipinski definition) is 1. The van der Waals surface area contributed by atoms with Gasteiger partial charge in [0.1, 0.15) is 5.75 Å². The van der Waals surface area contributed by atoms with Crippen LogP contribution in [0.1, 0.15) is 24.8 Å². The molecule has 1 aromatic rings. The van der Waals surface area contributed by atoms with E-state index >= 15 is 0 Å². The summed E-state index contributed by atoms with van der Waals surface area (Å²) < 4.78 is 5.04. The van der Waals surface area contributed by atoms with Gasteiger partial charge in [0.25, 0.3) is 0 Å². The number of aryl methyl sites for hydroxylation is 1. The minimum Gasteiger partial charge on any atom is -0.496 e. The Labute approximate surface area is 92.6 Å². The first kappa shape index (κ1) is 12.1. The molecule has 1 aromatic carbocycles. The maximum Gasteiger partial charge on any atom is 0.121 e. The fourth-order valence-electron chi connectivity index (χ4n) is 1.59. The Kier molecular flexibility index (Phi) is 5.86. The Morgan fingerprint density at radius 2 is 1.73 bits per heavy atom. The van der Waals surface area contributed by atoms with Crippen LogP contribution in [0.5, 0.6) is 5.75 Å². The molecule has 1 saturated heterocycles. The van der Waals surface area contributed by atoms with Crippen LogP contribution in [0.15, 0.2) is 24.3 Å². The van der Waals surface area contributed by atoms with E-state index in [2.05, 4.69) is 5.32 Å². The first-order chi connectivity index (χ1) is 7.34. The maximum absolute atomic E-state index is 5.04. The van der Waals surface area contributed by atoms with Crippen LogP contribution in [0.25, 0.3) is 0 Å². The zero-order valence-electron chi connectivity index (χ0n) is 9.75. The second-order valence-electron chi connectivity index (χ2n) is 3.78. The molecule has 1 heterocycles. The van der Waals surface area contributed by atoms with E-state index in [1.165, 1.54) is 37.9 Å². The second-order valence-corrected chi connectivity index (χ2v) is 3.78. The zero-order valence-corrected chi connectivity index (χ0v) is 9.75. The Balaban J connectivity index is 0.000000162. The summed E-state index contributed by atoms with van der Waals surface area (Å²) >= 11 is 0. The summed E-state index contributed by atoms with van der Waals surface area (Å²) in [5.41, 5.74) is 1.18. The summed E-state index contributed by atoms with van der Waals surface area (Å²) in [6.45, 7) is 4.53. The van der Waals surface area contributed by atoms with Gasteiger partial charge < -0.3 is 10.1 Å². The molecule has 2 nitrogen and oxygen atoms in total. The minimum atomic E-state index is 0.956. The number of para-hydroxylation sites is 1. The van der Waals surface area contributed by atoms with Crippen LogP contribution in [-0.4, -0.2) is 20.2 Å². The van der Waals surface area contributed by atoms with Gasteiger partial charge in [-0.15, -0.1) is 0 Å². The van der Waals surface area contributed by atoms with Gasteiger partial charge in [0.2, 0.25) is 0 Å². The Hall–Kier alpha value is -1.02. The monoisotopic (exact) mass is 207 g/mol. The molecule has 0 aliphatic carbocycles. The van der Waals surface area contributed by atoms with Crippen LogP contribution >= 0.6 is 0 Å². The lowest BCUT2D eigenvalue weighted by Crippen LogP contribution is -2.21. The number of nitrogens with one attached hydrogen (secondary N) is 1. The van der Waals surface area contributed by atoms with Crippen LogP contribution in [0.4, 0.5) is 0 Å². The number of ether oxygens (including phenoxy) is 1. The van der Waals surface area contributed by atoms with Crippen LogP contribution in [0.2, 0.25) is 0 Å². The molecular weight excluding hydrogens is 186 g/mol. The summed E-state index contributed by atoms with van der Waals surface area (Å²) in [6, 6.07) is 7.94. The van der Waals surface area contributed by atoms with Gasteiger partial charge in [-0.1, -0.05) is 24.6 Å². The van der Waals surface area contributed by atoms with E-state index in [0.717, 1.165) is 5.75 Å². The quantitative estimate of drug-likeness (QED) is 0.764. The molecule has 0 unspecified atom stereocenters. The first-order valence-corrected chi connectivity index (χ1v) is 5.65. The molecule has 0 bridgehead atoms. The molecule has 15 heavy (non-hydrogen) atoms. The molecule has 0 amide bonds. The van der Waals surface area contributed by atoms with E-state index in [-0.39, 0.29) is 0 Å². The zero-order chi connectivity index (χ0) is 10.9. The number of rotatable bonds is 1. The molecule has 0 spiro atoms. The van der Waals surface area contributed by atoms with E-state index in [1.807, 2.05) is 31.2 Å². The molecule has 0 radical (unpaired) electrons. The number of methoxy groups -OCH3 is 1. The van der Waals surface area contributed by atoms with Crippen LogP contribution < -0.4 is 10.1 Å². The third-order valence-corrected chi connectivity index (χ3v) is 2.52. The Bertz CT molecular complexity index is 257. The third-order valence-electron chi connectivity index (χ3n) is 2.52. The molecule has 1 fully saturated rings. The number of hydrogen-bond acceptors (Lipinski definition) is 2. The van der Waals surface area contributed by atoms with Crippen LogP contribution in [0.3, 0.4) is 0 Å². The lowest BCUT2D eigenvalue weighted by molar-refractivity contribution is 0.411. The summed E-state index contributed by atoms with van der Waals surface area (Å²) in [6.07, 6.45) is 4.22. The van der Waals surface area contributed by atoms with Crippen molar-refractivity contribution in [3.8, 4) is 5.75 Å². The molecule has 1 aliphatic heterocycles. The SMILES string of the molecule is C1CCNCC1.COc1ccccc1C. The van der Waals surface area contributed by atoms with Crippen molar-refractivity contribution in [2.75, 3.05) is 20.2 Å². The summed E-state index contributed by atoms with van der Waals surface area (Å²) in [5, 5.41) is 3.28. The van der Waals surface area contributed by atoms with Gasteiger partial charge in [0.05, 0.1) is 7.11 Å². The first-order valence-electron chi connectivity index (χ1n) is 5.65. The molecule has 0 aromatic heterocycles. The van der Waals surface area contributed by atoms with Crippen molar-refractivity contribution in [1.29, 1.82) is 0 Å². The standard InChI is InChI=1S/C8H10O.C5H11N/c1-7-5-3-4-6-8(7)9-2;1-2-4-6-5-3-1/h3-6H,1-2H3;6H,1-5H2. The highest BCUT2D eigenvalue weighted by atomic mass is 16.5. The Morgan fingerprint density at radius 1 is 1.07 bits per heavy atom. The van der Waals surface area contributed by atoms with E-state index < -0.39 is 0 Å². The highest BCUT2D eigenvalue weighted by molar-refractivity contribution is 5.31. The van der Waals surface area contributed by atoms with Crippen LogP contribution in [-0.2, 0) is 0 Å². The lowest BCUT2D eigenvalue weighted by atomic mass is 10.2. The van der Waals surface area contributed by atoms with Gasteiger partial charge in [0, 0.05) is 0 Å². The fraction of sp³-hybridized carbons (Fsp3) is 0.538. The summed E-state index contributed by atoms with van der Waals surface area (Å²) in [5.74, 6) is 0.956. The van der Waals surface area contributed by atoms with Gasteiger partial charge in [-0.2, -0.15) is 0 Å². The van der Waals surface area contributed by atoms with Crippen LogP contribution in [0, 0.1) is 6.92 Å². The van der Waals surface area contributed by atoms with Crippen molar-refractivity contribution in [3.05, 3.63) is 29.8 Å². The van der Waals surface area contributed by atoms with Crippen molar-refractivity contribution in [3.63, 3.8) is 0 Å². The highest BCUT2D eigenvalue weighted by Gasteiger charge is 1.93. The van der Waals surface area contributed by atoms with Crippen molar-refractivity contribution in [2.45, 2.75) is 26.2 Å². The van der Waals surface area contributed by atoms with E-state index in [9.17, 15) is 0 Å². The molecule has 84 valence electrons. The molecule has 2 rings (SSSR count). The molecule has 0 saturated carbocycles. The van der Waals surface area contributed by atoms with Crippen molar-refractivity contribution < 1.29 is 4.74 Å². The van der Waals surface area contributed by atoms with Gasteiger partial charge >= 0.3 is 0 Å². The lowest BCUT2D eigenvalue weighted by Gasteiger charge is -2.08. The molecular formula is C13H21NO. The van der Waals surface area contributed by atoms with E-state index in [0.29, 0.717) is 0 Å². The Morgan fingerprint density at radius 3 is 2.07 bits per heavy atom. The molecule has 2 heteroatoms. The van der Waals surface area contributed by atoms with Gasteiger partial charge in [0.15, 0.2) is 0 Å². The highest BCUT2D eigenvalue weighted by Crippen LogP contribution is 2.14. The predicted molar refractivity (Wildman–Crippen MR) is 64.5 cm³/mol. The molecule has 1 N–H and O–H groups in total. The summed E-state index contributed by atoms with van der Waals surface area (Å²) in [7, 11) is 1.68. The van der Waals surface area contributed by atoms with E-state index in [1.54, 1.807) is 7.11 Å². The number of benzene rings is 1. The predicted octanol–water partition coefficient (Wildman–Crippen LogP) is 2.76. The van der Waals surface area contributed by atoms with E-state index in [4.69, 9.17) is 4.74 Å². The average Bonchev–Trinajstić information content (AvgIpc) is 2.33. The second kappa shape index (κ2) is 7.30. The third kappa shape index (κ3) is 4.84. The topological polar surface area (TPSA) is 21.3 Å². The average molecular weight is 207 g/mol. The number of piperidine rings is 1. The van der Waals surface area contributed by atoms with Gasteiger partial charge in [-0.25, -0.2) is 0 Å². The smallest absolute Gasteiger partial charge is 0.121 e. The largest absolute Gasteiger partial charge is 0.496 e. The van der Waals surface area contributed by atoms with Crippen molar-refractivity contribution in [2.24, 2.45) is 0 Å². The van der Waals surface area contributed by atoms with Gasteiger partial charge in [-0.05, 0) is 44.5 Å². The van der Waals surface area contributed by atoms with Crippen molar-refractivity contribution >= 4 is 0 Å². The normalized spacial score (nSPS) is 15.1. The van der Waals surface area contributed by atoms with Crippen molar-refractivity contribution in [1.82, 2.24) is 5.32 Å². The van der Waals surface area contributed by atoms with Gasteiger partial charge in [-0.3, -0.25) is 0 Å². The summed E-state index contributed by atoms with van der Waals surface area (Å²) in [4.78, 5) is 0. The minimum absolute atomic E-state index is 0.956. The molecule has 0 atom stereocenters. The molecule has 1 aliphatic rings. The maximum atomic E-state index is 5.04. The fourth-order valence-corrected chi connectivity index (χ4v) is 1.59.